The standard InChI is InChI=1S/C29H27ClN/c1-29(2,3)27-19-26(20-9-5-4-6-10-20)25-18-13-21-11-7-8-12-24(21)28(25)31(27)23-16-14-22(30)15-17-23/h4-12,14-17,19H,13,18H2,1-3H3/q+1. The molecule has 1 aliphatic rings. The van der Waals surface area contributed by atoms with Crippen molar-refractivity contribution >= 4 is 11.6 Å². The molecule has 1 aliphatic carbocycles. The molecule has 0 spiro atoms. The van der Waals surface area contributed by atoms with Crippen molar-refractivity contribution in [1.82, 2.24) is 0 Å². The van der Waals surface area contributed by atoms with Gasteiger partial charge in [-0.05, 0) is 47.7 Å². The third-order valence-electron chi connectivity index (χ3n) is 6.21. The van der Waals surface area contributed by atoms with Gasteiger partial charge in [0.2, 0.25) is 11.4 Å². The van der Waals surface area contributed by atoms with Gasteiger partial charge in [0.05, 0.1) is 5.56 Å². The Morgan fingerprint density at radius 2 is 1.42 bits per heavy atom. The molecular formula is C29H27ClN+. The maximum absolute atomic E-state index is 6.25. The van der Waals surface area contributed by atoms with Crippen LogP contribution in [0.4, 0.5) is 0 Å². The smallest absolute Gasteiger partial charge is 0.156 e. The number of aryl methyl sites for hydroxylation is 1. The first kappa shape index (κ1) is 20.0. The summed E-state index contributed by atoms with van der Waals surface area (Å²) in [6.07, 6.45) is 2.10. The molecule has 1 aromatic heterocycles. The van der Waals surface area contributed by atoms with Crippen LogP contribution in [0.25, 0.3) is 28.1 Å². The maximum atomic E-state index is 6.25. The summed E-state index contributed by atoms with van der Waals surface area (Å²) in [7, 11) is 0. The second-order valence-electron chi connectivity index (χ2n) is 9.36. The molecule has 0 bridgehead atoms. The molecule has 0 fully saturated rings. The molecule has 0 atom stereocenters. The van der Waals surface area contributed by atoms with Crippen LogP contribution in [-0.4, -0.2) is 0 Å². The molecule has 0 saturated carbocycles. The van der Waals surface area contributed by atoms with E-state index in [0.29, 0.717) is 0 Å². The summed E-state index contributed by atoms with van der Waals surface area (Å²) in [6.45, 7) is 6.89. The van der Waals surface area contributed by atoms with Crippen LogP contribution in [0.5, 0.6) is 0 Å². The van der Waals surface area contributed by atoms with Gasteiger partial charge in [-0.15, -0.1) is 0 Å². The first-order valence-electron chi connectivity index (χ1n) is 11.0. The number of pyridine rings is 1. The van der Waals surface area contributed by atoms with E-state index in [1.807, 2.05) is 12.1 Å². The SMILES string of the molecule is CC(C)(C)c1cc(-c2ccccc2)c2c([n+]1-c1ccc(Cl)cc1)-c1ccccc1CC2. The summed E-state index contributed by atoms with van der Waals surface area (Å²) in [5.41, 5.74) is 10.5. The number of benzene rings is 3. The summed E-state index contributed by atoms with van der Waals surface area (Å²) < 4.78 is 2.47. The number of nitrogens with zero attached hydrogens (tertiary/aromatic N) is 1. The van der Waals surface area contributed by atoms with E-state index < -0.39 is 0 Å². The van der Waals surface area contributed by atoms with Gasteiger partial charge >= 0.3 is 0 Å². The Hall–Kier alpha value is -2.90. The third kappa shape index (κ3) is 3.58. The molecule has 3 aromatic carbocycles. The van der Waals surface area contributed by atoms with E-state index in [1.54, 1.807) is 0 Å². The molecule has 1 nitrogen and oxygen atoms in total. The minimum Gasteiger partial charge on any atom is -0.156 e. The average molecular weight is 425 g/mol. The fraction of sp³-hybridized carbons (Fsp3) is 0.207. The Bertz CT molecular complexity index is 1250. The lowest BCUT2D eigenvalue weighted by atomic mass is 9.81. The molecule has 0 N–H and O–H groups in total. The van der Waals surface area contributed by atoms with E-state index in [0.717, 1.165) is 23.6 Å². The lowest BCUT2D eigenvalue weighted by Gasteiger charge is -2.26. The Labute approximate surface area is 190 Å². The molecule has 0 radical (unpaired) electrons. The monoisotopic (exact) mass is 424 g/mol. The second kappa shape index (κ2) is 7.66. The zero-order valence-corrected chi connectivity index (χ0v) is 19.1. The molecule has 0 saturated heterocycles. The highest BCUT2D eigenvalue weighted by atomic mass is 35.5. The molecule has 0 amide bonds. The molecule has 0 aliphatic heterocycles. The van der Waals surface area contributed by atoms with Crippen LogP contribution in [0.1, 0.15) is 37.6 Å². The molecule has 1 heterocycles. The van der Waals surface area contributed by atoms with Crippen LogP contribution in [0.15, 0.2) is 84.9 Å². The summed E-state index contributed by atoms with van der Waals surface area (Å²) in [5, 5.41) is 0.761. The van der Waals surface area contributed by atoms with Gasteiger partial charge < -0.3 is 0 Å². The minimum absolute atomic E-state index is 0.0371. The van der Waals surface area contributed by atoms with Gasteiger partial charge in [0.25, 0.3) is 0 Å². The lowest BCUT2D eigenvalue weighted by molar-refractivity contribution is -0.597. The Morgan fingerprint density at radius 3 is 2.13 bits per heavy atom. The van der Waals surface area contributed by atoms with E-state index in [4.69, 9.17) is 11.6 Å². The van der Waals surface area contributed by atoms with Gasteiger partial charge in [0.15, 0.2) is 5.69 Å². The summed E-state index contributed by atoms with van der Waals surface area (Å²) >= 11 is 6.25. The fourth-order valence-electron chi connectivity index (χ4n) is 4.72. The van der Waals surface area contributed by atoms with Crippen molar-refractivity contribution in [1.29, 1.82) is 0 Å². The highest BCUT2D eigenvalue weighted by Gasteiger charge is 2.36. The Kier molecular flexibility index (Phi) is 4.95. The van der Waals surface area contributed by atoms with Crippen LogP contribution in [-0.2, 0) is 18.3 Å². The molecule has 5 rings (SSSR count). The highest BCUT2D eigenvalue weighted by molar-refractivity contribution is 6.30. The number of rotatable bonds is 2. The van der Waals surface area contributed by atoms with Crippen molar-refractivity contribution in [3.05, 3.63) is 107 Å². The fourth-order valence-corrected chi connectivity index (χ4v) is 4.85. The predicted molar refractivity (Wildman–Crippen MR) is 130 cm³/mol. The third-order valence-corrected chi connectivity index (χ3v) is 6.46. The van der Waals surface area contributed by atoms with Crippen molar-refractivity contribution in [3.8, 4) is 28.1 Å². The summed E-state index contributed by atoms with van der Waals surface area (Å²) in [4.78, 5) is 0. The summed E-state index contributed by atoms with van der Waals surface area (Å²) in [5.74, 6) is 0. The van der Waals surface area contributed by atoms with Crippen LogP contribution in [0, 0.1) is 0 Å². The van der Waals surface area contributed by atoms with Crippen molar-refractivity contribution in [2.75, 3.05) is 0 Å². The number of aromatic nitrogens is 1. The minimum atomic E-state index is -0.0371. The predicted octanol–water partition coefficient (Wildman–Crippen LogP) is 7.35. The second-order valence-corrected chi connectivity index (χ2v) is 9.79. The van der Waals surface area contributed by atoms with Gasteiger partial charge in [-0.1, -0.05) is 80.9 Å². The van der Waals surface area contributed by atoms with E-state index in [-0.39, 0.29) is 5.41 Å². The van der Waals surface area contributed by atoms with Gasteiger partial charge in [-0.25, -0.2) is 0 Å². The van der Waals surface area contributed by atoms with E-state index >= 15 is 0 Å². The first-order valence-corrected chi connectivity index (χ1v) is 11.3. The van der Waals surface area contributed by atoms with Gasteiger partial charge in [0, 0.05) is 34.2 Å². The molecule has 31 heavy (non-hydrogen) atoms. The number of hydrogen-bond acceptors (Lipinski definition) is 0. The van der Waals surface area contributed by atoms with Crippen LogP contribution in [0.3, 0.4) is 0 Å². The van der Waals surface area contributed by atoms with E-state index in [2.05, 4.69) is 98.1 Å². The largest absolute Gasteiger partial charge is 0.222 e. The van der Waals surface area contributed by atoms with Crippen molar-refractivity contribution < 1.29 is 4.57 Å². The molecule has 4 aromatic rings. The van der Waals surface area contributed by atoms with E-state index in [9.17, 15) is 0 Å². The lowest BCUT2D eigenvalue weighted by Crippen LogP contribution is -2.45. The van der Waals surface area contributed by atoms with Crippen LogP contribution < -0.4 is 4.57 Å². The van der Waals surface area contributed by atoms with E-state index in [1.165, 1.54) is 39.2 Å². The topological polar surface area (TPSA) is 3.88 Å². The zero-order valence-electron chi connectivity index (χ0n) is 18.3. The zero-order chi connectivity index (χ0) is 21.6. The number of fused-ring (bicyclic) bond motifs is 3. The molecule has 154 valence electrons. The van der Waals surface area contributed by atoms with Crippen molar-refractivity contribution in [3.63, 3.8) is 0 Å². The molecular weight excluding hydrogens is 398 g/mol. The number of halogens is 1. The maximum Gasteiger partial charge on any atom is 0.222 e. The molecule has 2 heteroatoms. The normalized spacial score (nSPS) is 12.9. The average Bonchev–Trinajstić information content (AvgIpc) is 2.78. The first-order chi connectivity index (χ1) is 14.9. The van der Waals surface area contributed by atoms with Gasteiger partial charge in [0.1, 0.15) is 0 Å². The van der Waals surface area contributed by atoms with Crippen LogP contribution >= 0.6 is 11.6 Å². The Morgan fingerprint density at radius 1 is 0.742 bits per heavy atom. The van der Waals surface area contributed by atoms with Gasteiger partial charge in [-0.3, -0.25) is 0 Å². The quantitative estimate of drug-likeness (QED) is 0.296. The van der Waals surface area contributed by atoms with Crippen molar-refractivity contribution in [2.45, 2.75) is 39.0 Å². The van der Waals surface area contributed by atoms with Gasteiger partial charge in [-0.2, -0.15) is 4.57 Å². The molecule has 0 unspecified atom stereocenters. The van der Waals surface area contributed by atoms with Crippen molar-refractivity contribution in [2.24, 2.45) is 0 Å². The number of hydrogen-bond donors (Lipinski definition) is 0. The highest BCUT2D eigenvalue weighted by Crippen LogP contribution is 2.40. The Balaban J connectivity index is 1.94. The van der Waals surface area contributed by atoms with Crippen LogP contribution in [0.2, 0.25) is 5.02 Å². The summed E-state index contributed by atoms with van der Waals surface area (Å²) in [6, 6.07) is 30.4.